The van der Waals surface area contributed by atoms with Gasteiger partial charge in [0, 0.05) is 0 Å². The van der Waals surface area contributed by atoms with E-state index in [0.29, 0.717) is 0 Å². The smallest absolute Gasteiger partial charge is 0.187 e. The van der Waals surface area contributed by atoms with Crippen molar-refractivity contribution < 1.29 is 18.9 Å². The number of hydrogen-bond acceptors (Lipinski definition) is 5. The maximum atomic E-state index is 6.30. The second-order valence-electron chi connectivity index (χ2n) is 9.32. The van der Waals surface area contributed by atoms with Crippen LogP contribution in [0.4, 0.5) is 0 Å². The Labute approximate surface area is 148 Å². The third-order valence-corrected chi connectivity index (χ3v) is 3.92. The first-order valence-electron chi connectivity index (χ1n) is 8.46. The summed E-state index contributed by atoms with van der Waals surface area (Å²) in [7, 11) is 0. The van der Waals surface area contributed by atoms with Gasteiger partial charge in [0.1, 0.15) is 12.2 Å². The maximum absolute atomic E-state index is 6.30. The van der Waals surface area contributed by atoms with Crippen molar-refractivity contribution in [3.05, 3.63) is 0 Å². The molecule has 1 saturated heterocycles. The number of hydrogen-bond donors (Lipinski definition) is 1. The number of ether oxygens (including phenoxy) is 4. The van der Waals surface area contributed by atoms with Gasteiger partial charge < -0.3 is 18.9 Å². The highest BCUT2D eigenvalue weighted by atomic mass is 32.1. The molecule has 0 aromatic rings. The first kappa shape index (κ1) is 21.2. The Morgan fingerprint density at radius 3 is 1.48 bits per heavy atom. The van der Waals surface area contributed by atoms with Crippen LogP contribution in [0, 0.1) is 0 Å². The Morgan fingerprint density at radius 2 is 1.09 bits per heavy atom. The minimum absolute atomic E-state index is 0.0820. The molecule has 0 aromatic heterocycles. The molecular weight excluding hydrogens is 312 g/mol. The first-order valence-corrected chi connectivity index (χ1v) is 8.98. The molecule has 5 atom stereocenters. The van der Waals surface area contributed by atoms with Crippen LogP contribution in [-0.4, -0.2) is 46.7 Å². The monoisotopic (exact) mass is 348 g/mol. The highest BCUT2D eigenvalue weighted by Crippen LogP contribution is 2.35. The lowest BCUT2D eigenvalue weighted by atomic mass is 9.99. The summed E-state index contributed by atoms with van der Waals surface area (Å²) in [4.78, 5) is 0. The zero-order chi connectivity index (χ0) is 18.2. The summed E-state index contributed by atoms with van der Waals surface area (Å²) in [5.41, 5.74) is -0.963. The quantitative estimate of drug-likeness (QED) is 0.775. The van der Waals surface area contributed by atoms with Gasteiger partial charge in [-0.3, -0.25) is 0 Å². The Kier molecular flexibility index (Phi) is 6.65. The van der Waals surface area contributed by atoms with Crippen molar-refractivity contribution >= 4 is 12.6 Å². The Balaban J connectivity index is 3.12. The van der Waals surface area contributed by atoms with Gasteiger partial charge in [0.2, 0.25) is 0 Å². The molecule has 0 N–H and O–H groups in total. The van der Waals surface area contributed by atoms with Crippen LogP contribution >= 0.6 is 12.6 Å². The summed E-state index contributed by atoms with van der Waals surface area (Å²) in [5, 5.41) is -0.0820. The molecule has 0 spiro atoms. The molecule has 0 radical (unpaired) electrons. The molecule has 1 fully saturated rings. The summed E-state index contributed by atoms with van der Waals surface area (Å²) in [5.74, 6) is 0. The Hall–Kier alpha value is 0.190. The molecule has 138 valence electrons. The third kappa shape index (κ3) is 7.30. The second kappa shape index (κ2) is 7.20. The molecule has 1 aliphatic heterocycles. The molecule has 1 rings (SSSR count). The van der Waals surface area contributed by atoms with Gasteiger partial charge in [0.15, 0.2) is 6.29 Å². The van der Waals surface area contributed by atoms with Crippen molar-refractivity contribution in [1.82, 2.24) is 0 Å². The molecule has 0 aromatic carbocycles. The van der Waals surface area contributed by atoms with Crippen LogP contribution in [0.25, 0.3) is 0 Å². The second-order valence-corrected chi connectivity index (χ2v) is 9.92. The van der Waals surface area contributed by atoms with Crippen molar-refractivity contribution in [2.75, 3.05) is 0 Å². The summed E-state index contributed by atoms with van der Waals surface area (Å²) in [6.07, 6.45) is -1.13. The third-order valence-electron chi connectivity index (χ3n) is 3.21. The average molecular weight is 349 g/mol. The van der Waals surface area contributed by atoms with Crippen LogP contribution in [0.1, 0.15) is 69.2 Å². The molecule has 1 aliphatic rings. The zero-order valence-corrected chi connectivity index (χ0v) is 17.4. The highest BCUT2D eigenvalue weighted by Gasteiger charge is 2.48. The van der Waals surface area contributed by atoms with Crippen LogP contribution in [0.3, 0.4) is 0 Å². The zero-order valence-electron chi connectivity index (χ0n) is 16.5. The molecule has 0 amide bonds. The average Bonchev–Trinajstić information content (AvgIpc) is 2.25. The van der Waals surface area contributed by atoms with Crippen LogP contribution in [-0.2, 0) is 18.9 Å². The maximum Gasteiger partial charge on any atom is 0.187 e. The minimum atomic E-state index is -0.486. The highest BCUT2D eigenvalue weighted by molar-refractivity contribution is 7.81. The fourth-order valence-corrected chi connectivity index (χ4v) is 2.81. The van der Waals surface area contributed by atoms with E-state index >= 15 is 0 Å². The van der Waals surface area contributed by atoms with Gasteiger partial charge in [-0.1, -0.05) is 0 Å². The minimum Gasteiger partial charge on any atom is -0.368 e. The van der Waals surface area contributed by atoms with Crippen molar-refractivity contribution in [2.45, 2.75) is 116 Å². The summed E-state index contributed by atoms with van der Waals surface area (Å²) in [6, 6.07) is 0. The Morgan fingerprint density at radius 1 is 0.696 bits per heavy atom. The topological polar surface area (TPSA) is 36.9 Å². The molecule has 5 unspecified atom stereocenters. The van der Waals surface area contributed by atoms with Crippen LogP contribution < -0.4 is 0 Å². The van der Waals surface area contributed by atoms with Gasteiger partial charge in [-0.2, -0.15) is 12.6 Å². The lowest BCUT2D eigenvalue weighted by Crippen LogP contribution is -2.61. The summed E-state index contributed by atoms with van der Waals surface area (Å²) < 4.78 is 24.8. The largest absolute Gasteiger partial charge is 0.368 e. The summed E-state index contributed by atoms with van der Waals surface area (Å²) in [6.45, 7) is 20.3. The molecule has 0 aliphatic carbocycles. The van der Waals surface area contributed by atoms with Gasteiger partial charge in [-0.15, -0.1) is 0 Å². The van der Waals surface area contributed by atoms with Gasteiger partial charge in [0.25, 0.3) is 0 Å². The van der Waals surface area contributed by atoms with Crippen LogP contribution in [0.2, 0.25) is 0 Å². The standard InChI is InChI=1S/C18H36O4S/c1-11-14(23)12(20-16(2,3)4)13(21-17(5,6)7)15(19-11)22-18(8,9)10/h11-15,23H,1-10H3. The molecule has 5 heteroatoms. The van der Waals surface area contributed by atoms with E-state index in [1.54, 1.807) is 0 Å². The van der Waals surface area contributed by atoms with E-state index in [0.717, 1.165) is 0 Å². The molecule has 4 nitrogen and oxygen atoms in total. The fraction of sp³-hybridized carbons (Fsp3) is 1.00. The van der Waals surface area contributed by atoms with E-state index < -0.39 is 6.29 Å². The van der Waals surface area contributed by atoms with Crippen molar-refractivity contribution in [3.63, 3.8) is 0 Å². The predicted molar refractivity (Wildman–Crippen MR) is 97.2 cm³/mol. The molecule has 0 bridgehead atoms. The van der Waals surface area contributed by atoms with Gasteiger partial charge >= 0.3 is 0 Å². The Bertz CT molecular complexity index is 378. The lowest BCUT2D eigenvalue weighted by molar-refractivity contribution is -0.322. The number of thiol groups is 1. The van der Waals surface area contributed by atoms with Crippen LogP contribution in [0.5, 0.6) is 0 Å². The number of rotatable bonds is 3. The van der Waals surface area contributed by atoms with E-state index in [1.807, 2.05) is 69.2 Å². The fourth-order valence-electron chi connectivity index (χ4n) is 2.51. The van der Waals surface area contributed by atoms with E-state index in [4.69, 9.17) is 31.6 Å². The molecule has 23 heavy (non-hydrogen) atoms. The van der Waals surface area contributed by atoms with E-state index in [2.05, 4.69) is 0 Å². The van der Waals surface area contributed by atoms with E-state index in [1.165, 1.54) is 0 Å². The van der Waals surface area contributed by atoms with Crippen molar-refractivity contribution in [3.8, 4) is 0 Å². The summed E-state index contributed by atoms with van der Waals surface area (Å²) >= 11 is 4.74. The normalized spacial score (nSPS) is 33.8. The van der Waals surface area contributed by atoms with Crippen molar-refractivity contribution in [2.24, 2.45) is 0 Å². The van der Waals surface area contributed by atoms with Crippen molar-refractivity contribution in [1.29, 1.82) is 0 Å². The predicted octanol–water partition coefficient (Wildman–Crippen LogP) is 4.21. The molecule has 0 saturated carbocycles. The first-order chi connectivity index (χ1) is 10.1. The van der Waals surface area contributed by atoms with Gasteiger partial charge in [-0.25, -0.2) is 0 Å². The lowest BCUT2D eigenvalue weighted by Gasteiger charge is -2.48. The van der Waals surface area contributed by atoms with E-state index in [9.17, 15) is 0 Å². The van der Waals surface area contributed by atoms with Gasteiger partial charge in [-0.05, 0) is 69.2 Å². The molecule has 1 heterocycles. The van der Waals surface area contributed by atoms with Crippen LogP contribution in [0.15, 0.2) is 0 Å². The SMILES string of the molecule is CC1OC(OC(C)(C)C)C(OC(C)(C)C)C(OC(C)(C)C)C1S. The van der Waals surface area contributed by atoms with Gasteiger partial charge in [0.05, 0.1) is 28.2 Å². The molecular formula is C18H36O4S. The van der Waals surface area contributed by atoms with E-state index in [-0.39, 0.29) is 40.4 Å².